The zero-order chi connectivity index (χ0) is 9.98. The highest BCUT2D eigenvalue weighted by molar-refractivity contribution is 5.78. The molecule has 0 atom stereocenters. The summed E-state index contributed by atoms with van der Waals surface area (Å²) in [6.07, 6.45) is 1.34. The van der Waals surface area contributed by atoms with Crippen molar-refractivity contribution in [3.05, 3.63) is 0 Å². The minimum absolute atomic E-state index is 0.341. The summed E-state index contributed by atoms with van der Waals surface area (Å²) in [5, 5.41) is 3.19. The Bertz CT molecular complexity index is 100. The molecular formula is C10H23NO. The summed E-state index contributed by atoms with van der Waals surface area (Å²) in [4.78, 5) is 10.8. The van der Waals surface area contributed by atoms with Crippen molar-refractivity contribution in [3.63, 3.8) is 0 Å². The minimum Gasteiger partial charge on any atom is -0.314 e. The Balaban J connectivity index is 0. The van der Waals surface area contributed by atoms with Crippen molar-refractivity contribution in [3.8, 4) is 0 Å². The van der Waals surface area contributed by atoms with Gasteiger partial charge in [0.25, 0.3) is 0 Å². The molecule has 0 saturated carbocycles. The highest BCUT2D eigenvalue weighted by Crippen LogP contribution is 1.87. The van der Waals surface area contributed by atoms with Gasteiger partial charge in [-0.2, -0.15) is 0 Å². The van der Waals surface area contributed by atoms with Crippen LogP contribution in [0.1, 0.15) is 47.5 Å². The minimum atomic E-state index is 0.341. The van der Waals surface area contributed by atoms with Gasteiger partial charge in [0.2, 0.25) is 0 Å². The fourth-order valence-electron chi connectivity index (χ4n) is 0.677. The van der Waals surface area contributed by atoms with Gasteiger partial charge in [-0.25, -0.2) is 0 Å². The summed E-state index contributed by atoms with van der Waals surface area (Å²) in [5.41, 5.74) is 0. The molecule has 1 N–H and O–H groups in total. The molecule has 0 radical (unpaired) electrons. The fraction of sp³-hybridized carbons (Fsp3) is 0.900. The third-order valence-electron chi connectivity index (χ3n) is 1.35. The van der Waals surface area contributed by atoms with Gasteiger partial charge in [0.15, 0.2) is 0 Å². The normalized spacial score (nSPS) is 9.17. The predicted octanol–water partition coefficient (Wildman–Crippen LogP) is 2.38. The molecule has 74 valence electrons. The van der Waals surface area contributed by atoms with E-state index in [9.17, 15) is 4.79 Å². The summed E-state index contributed by atoms with van der Waals surface area (Å²) in [7, 11) is 0. The van der Waals surface area contributed by atoms with Gasteiger partial charge in [0.05, 0.1) is 0 Å². The first-order chi connectivity index (χ1) is 5.66. The number of ketones is 1. The van der Waals surface area contributed by atoms with E-state index in [1.165, 1.54) is 0 Å². The van der Waals surface area contributed by atoms with Crippen molar-refractivity contribution >= 4 is 5.78 Å². The molecule has 2 nitrogen and oxygen atoms in total. The average molecular weight is 173 g/mol. The summed E-state index contributed by atoms with van der Waals surface area (Å²) in [6.45, 7) is 10.9. The molecule has 12 heavy (non-hydrogen) atoms. The summed E-state index contributed by atoms with van der Waals surface area (Å²) in [6, 6.07) is 0.490. The van der Waals surface area contributed by atoms with Crippen molar-refractivity contribution in [2.75, 3.05) is 6.54 Å². The van der Waals surface area contributed by atoms with Gasteiger partial charge < -0.3 is 5.32 Å². The lowest BCUT2D eigenvalue weighted by atomic mass is 10.2. The number of hydrogen-bond acceptors (Lipinski definition) is 2. The molecule has 0 aromatic carbocycles. The molecule has 0 fully saturated rings. The van der Waals surface area contributed by atoms with Crippen molar-refractivity contribution in [1.82, 2.24) is 5.32 Å². The lowest BCUT2D eigenvalue weighted by Gasteiger charge is -2.05. The van der Waals surface area contributed by atoms with Gasteiger partial charge >= 0.3 is 0 Å². The van der Waals surface area contributed by atoms with Crippen LogP contribution in [0.5, 0.6) is 0 Å². The van der Waals surface area contributed by atoms with Crippen LogP contribution in [0.15, 0.2) is 0 Å². The standard InChI is InChI=1S/C8H17NO.C2H6/c1-4-8(10)5-6-9-7(2)3;1-2/h7,9H,4-6H2,1-3H3;1-2H3. The summed E-state index contributed by atoms with van der Waals surface area (Å²) >= 11 is 0. The number of carbonyl (C=O) groups is 1. The van der Waals surface area contributed by atoms with E-state index in [1.807, 2.05) is 20.8 Å². The molecule has 0 aliphatic carbocycles. The van der Waals surface area contributed by atoms with E-state index in [0.29, 0.717) is 24.7 Å². The van der Waals surface area contributed by atoms with Crippen LogP contribution in [0.4, 0.5) is 0 Å². The van der Waals surface area contributed by atoms with Crippen LogP contribution in [-0.4, -0.2) is 18.4 Å². The maximum absolute atomic E-state index is 10.8. The SMILES string of the molecule is CC.CCC(=O)CCNC(C)C. The van der Waals surface area contributed by atoms with Gasteiger partial charge in [-0.3, -0.25) is 4.79 Å². The van der Waals surface area contributed by atoms with Crippen LogP contribution < -0.4 is 5.32 Å². The molecule has 0 aromatic rings. The molecule has 0 bridgehead atoms. The van der Waals surface area contributed by atoms with Crippen molar-refractivity contribution in [2.24, 2.45) is 0 Å². The van der Waals surface area contributed by atoms with E-state index in [-0.39, 0.29) is 0 Å². The number of rotatable bonds is 5. The second-order valence-electron chi connectivity index (χ2n) is 2.75. The van der Waals surface area contributed by atoms with Crippen LogP contribution in [0, 0.1) is 0 Å². The van der Waals surface area contributed by atoms with Crippen molar-refractivity contribution in [1.29, 1.82) is 0 Å². The largest absolute Gasteiger partial charge is 0.314 e. The van der Waals surface area contributed by atoms with Crippen LogP contribution in [0.2, 0.25) is 0 Å². The van der Waals surface area contributed by atoms with Crippen LogP contribution in [-0.2, 0) is 4.79 Å². The Morgan fingerprint density at radius 2 is 1.83 bits per heavy atom. The average Bonchev–Trinajstić information content (AvgIpc) is 2.07. The second-order valence-corrected chi connectivity index (χ2v) is 2.75. The first-order valence-electron chi connectivity index (χ1n) is 4.92. The molecule has 0 aliphatic rings. The Labute approximate surface area is 76.7 Å². The number of Topliss-reactive ketones (excluding diaryl/α,β-unsaturated/α-hetero) is 1. The lowest BCUT2D eigenvalue weighted by Crippen LogP contribution is -2.25. The highest BCUT2D eigenvalue weighted by Gasteiger charge is 1.97. The third kappa shape index (κ3) is 12.3. The number of carbonyl (C=O) groups excluding carboxylic acids is 1. The van der Waals surface area contributed by atoms with Crippen LogP contribution >= 0.6 is 0 Å². The quantitative estimate of drug-likeness (QED) is 0.691. The molecule has 0 spiro atoms. The third-order valence-corrected chi connectivity index (χ3v) is 1.35. The molecular weight excluding hydrogens is 150 g/mol. The van der Waals surface area contributed by atoms with E-state index in [1.54, 1.807) is 0 Å². The Morgan fingerprint density at radius 3 is 2.17 bits per heavy atom. The highest BCUT2D eigenvalue weighted by atomic mass is 16.1. The molecule has 0 unspecified atom stereocenters. The van der Waals surface area contributed by atoms with Gasteiger partial charge in [0.1, 0.15) is 5.78 Å². The van der Waals surface area contributed by atoms with E-state index < -0.39 is 0 Å². The monoisotopic (exact) mass is 173 g/mol. The van der Waals surface area contributed by atoms with E-state index in [4.69, 9.17) is 0 Å². The zero-order valence-electron chi connectivity index (χ0n) is 9.11. The first-order valence-corrected chi connectivity index (χ1v) is 4.92. The van der Waals surface area contributed by atoms with Gasteiger partial charge in [-0.15, -0.1) is 0 Å². The predicted molar refractivity (Wildman–Crippen MR) is 54.4 cm³/mol. The fourth-order valence-corrected chi connectivity index (χ4v) is 0.677. The van der Waals surface area contributed by atoms with Crippen molar-refractivity contribution in [2.45, 2.75) is 53.5 Å². The summed E-state index contributed by atoms with van der Waals surface area (Å²) in [5.74, 6) is 0.341. The first kappa shape index (κ1) is 14.2. The van der Waals surface area contributed by atoms with Crippen molar-refractivity contribution < 1.29 is 4.79 Å². The molecule has 0 rings (SSSR count). The molecule has 0 aliphatic heterocycles. The van der Waals surface area contributed by atoms with Crippen LogP contribution in [0.25, 0.3) is 0 Å². The smallest absolute Gasteiger partial charge is 0.133 e. The Hall–Kier alpha value is -0.370. The Morgan fingerprint density at radius 1 is 1.33 bits per heavy atom. The number of hydrogen-bond donors (Lipinski definition) is 1. The Kier molecular flexibility index (Phi) is 12.6. The number of nitrogens with one attached hydrogen (secondary N) is 1. The van der Waals surface area contributed by atoms with E-state index in [2.05, 4.69) is 19.2 Å². The van der Waals surface area contributed by atoms with Gasteiger partial charge in [0, 0.05) is 25.4 Å². The van der Waals surface area contributed by atoms with Gasteiger partial charge in [-0.05, 0) is 0 Å². The lowest BCUT2D eigenvalue weighted by molar-refractivity contribution is -0.118. The molecule has 0 amide bonds. The second kappa shape index (κ2) is 10.6. The maximum atomic E-state index is 10.8. The topological polar surface area (TPSA) is 29.1 Å². The molecule has 0 aromatic heterocycles. The molecule has 0 saturated heterocycles. The molecule has 0 heterocycles. The maximum Gasteiger partial charge on any atom is 0.133 e. The summed E-state index contributed by atoms with van der Waals surface area (Å²) < 4.78 is 0. The van der Waals surface area contributed by atoms with Crippen LogP contribution in [0.3, 0.4) is 0 Å². The van der Waals surface area contributed by atoms with E-state index in [0.717, 1.165) is 6.54 Å². The van der Waals surface area contributed by atoms with E-state index >= 15 is 0 Å². The zero-order valence-corrected chi connectivity index (χ0v) is 9.11. The van der Waals surface area contributed by atoms with Gasteiger partial charge in [-0.1, -0.05) is 34.6 Å². The molecule has 2 heteroatoms.